The summed E-state index contributed by atoms with van der Waals surface area (Å²) in [6, 6.07) is 10.8. The number of nitrogens with one attached hydrogen (secondary N) is 2. The summed E-state index contributed by atoms with van der Waals surface area (Å²) in [6.07, 6.45) is 0.915. The molecule has 0 unspecified atom stereocenters. The summed E-state index contributed by atoms with van der Waals surface area (Å²) in [5.74, 6) is -0.325. The molecule has 2 aromatic carbocycles. The van der Waals surface area contributed by atoms with Gasteiger partial charge in [0.25, 0.3) is 5.91 Å². The summed E-state index contributed by atoms with van der Waals surface area (Å²) in [7, 11) is 1.62. The van der Waals surface area contributed by atoms with Gasteiger partial charge in [-0.25, -0.2) is 0 Å². The van der Waals surface area contributed by atoms with Crippen molar-refractivity contribution in [3.8, 4) is 5.75 Å². The molecule has 0 spiro atoms. The first-order chi connectivity index (χ1) is 16.3. The van der Waals surface area contributed by atoms with E-state index in [2.05, 4.69) is 26.6 Å². The van der Waals surface area contributed by atoms with E-state index in [1.165, 1.54) is 0 Å². The second-order valence-electron chi connectivity index (χ2n) is 8.29. The zero-order valence-electron chi connectivity index (χ0n) is 19.7. The molecule has 2 aromatic rings. The molecule has 34 heavy (non-hydrogen) atoms. The standard InChI is InChI=1S/C25H30BrN3O5/c1-16-11-19(26)12-17(2)24(16)28-22(30)15-34-21-7-5-20(6-8-21)29-14-18(13-23(29)31)25(32)27-9-4-10-33-3/h5-8,11-12,18H,4,9-10,13-15H2,1-3H3,(H,27,32)(H,28,30)/t18-/m1/s1. The van der Waals surface area contributed by atoms with E-state index in [4.69, 9.17) is 9.47 Å². The molecule has 3 rings (SSSR count). The first kappa shape index (κ1) is 25.7. The van der Waals surface area contributed by atoms with E-state index in [1.54, 1.807) is 36.3 Å². The van der Waals surface area contributed by atoms with Gasteiger partial charge in [0, 0.05) is 49.1 Å². The number of aryl methyl sites for hydroxylation is 2. The number of methoxy groups -OCH3 is 1. The van der Waals surface area contributed by atoms with Crippen LogP contribution in [0.4, 0.5) is 11.4 Å². The number of rotatable bonds is 10. The van der Waals surface area contributed by atoms with Crippen LogP contribution in [-0.4, -0.2) is 51.1 Å². The first-order valence-electron chi connectivity index (χ1n) is 11.1. The lowest BCUT2D eigenvalue weighted by Crippen LogP contribution is -2.33. The molecule has 0 bridgehead atoms. The Hall–Kier alpha value is -2.91. The summed E-state index contributed by atoms with van der Waals surface area (Å²) >= 11 is 3.45. The zero-order valence-corrected chi connectivity index (χ0v) is 21.2. The van der Waals surface area contributed by atoms with Gasteiger partial charge in [-0.05, 0) is 67.8 Å². The number of halogens is 1. The van der Waals surface area contributed by atoms with Crippen molar-refractivity contribution >= 4 is 45.0 Å². The van der Waals surface area contributed by atoms with Crippen molar-refractivity contribution in [3.63, 3.8) is 0 Å². The summed E-state index contributed by atoms with van der Waals surface area (Å²) in [4.78, 5) is 38.8. The lowest BCUT2D eigenvalue weighted by Gasteiger charge is -2.17. The molecule has 1 atom stereocenters. The molecular weight excluding hydrogens is 502 g/mol. The van der Waals surface area contributed by atoms with E-state index in [1.807, 2.05) is 26.0 Å². The van der Waals surface area contributed by atoms with Crippen LogP contribution in [0.3, 0.4) is 0 Å². The molecule has 9 heteroatoms. The third kappa shape index (κ3) is 6.80. The van der Waals surface area contributed by atoms with Crippen LogP contribution in [0.5, 0.6) is 5.75 Å². The van der Waals surface area contributed by atoms with Crippen LogP contribution in [0.1, 0.15) is 24.0 Å². The van der Waals surface area contributed by atoms with Gasteiger partial charge in [0.15, 0.2) is 6.61 Å². The monoisotopic (exact) mass is 531 g/mol. The number of anilines is 2. The number of benzene rings is 2. The van der Waals surface area contributed by atoms with Crippen molar-refractivity contribution < 1.29 is 23.9 Å². The van der Waals surface area contributed by atoms with E-state index in [0.717, 1.165) is 27.7 Å². The topological polar surface area (TPSA) is 97.0 Å². The summed E-state index contributed by atoms with van der Waals surface area (Å²) in [6.45, 7) is 5.17. The molecule has 0 aliphatic carbocycles. The fraction of sp³-hybridized carbons (Fsp3) is 0.400. The Bertz CT molecular complexity index is 1020. The van der Waals surface area contributed by atoms with Gasteiger partial charge in [-0.2, -0.15) is 0 Å². The van der Waals surface area contributed by atoms with Gasteiger partial charge in [0.1, 0.15) is 5.75 Å². The highest BCUT2D eigenvalue weighted by Crippen LogP contribution is 2.27. The van der Waals surface area contributed by atoms with Crippen molar-refractivity contribution in [2.45, 2.75) is 26.7 Å². The Balaban J connectivity index is 1.50. The van der Waals surface area contributed by atoms with Crippen LogP contribution in [0, 0.1) is 19.8 Å². The number of amides is 3. The third-order valence-corrected chi connectivity index (χ3v) is 6.06. The van der Waals surface area contributed by atoms with Crippen molar-refractivity contribution in [1.29, 1.82) is 0 Å². The third-order valence-electron chi connectivity index (χ3n) is 5.60. The number of ether oxygens (including phenoxy) is 2. The lowest BCUT2D eigenvalue weighted by molar-refractivity contribution is -0.126. The van der Waals surface area contributed by atoms with Gasteiger partial charge in [-0.15, -0.1) is 0 Å². The molecule has 1 aliphatic heterocycles. The highest BCUT2D eigenvalue weighted by Gasteiger charge is 2.34. The van der Waals surface area contributed by atoms with Gasteiger partial charge >= 0.3 is 0 Å². The molecule has 1 aliphatic rings. The van der Waals surface area contributed by atoms with Gasteiger partial charge in [-0.1, -0.05) is 15.9 Å². The quantitative estimate of drug-likeness (QED) is 0.456. The molecule has 1 saturated heterocycles. The SMILES string of the molecule is COCCCNC(=O)[C@@H]1CC(=O)N(c2ccc(OCC(=O)Nc3c(C)cc(Br)cc3C)cc2)C1. The second kappa shape index (κ2) is 12.0. The van der Waals surface area contributed by atoms with E-state index >= 15 is 0 Å². The molecule has 182 valence electrons. The minimum atomic E-state index is -0.375. The summed E-state index contributed by atoms with van der Waals surface area (Å²) in [5.41, 5.74) is 3.39. The van der Waals surface area contributed by atoms with Crippen LogP contribution in [0.15, 0.2) is 40.9 Å². The van der Waals surface area contributed by atoms with E-state index < -0.39 is 0 Å². The lowest BCUT2D eigenvalue weighted by atomic mass is 10.1. The first-order valence-corrected chi connectivity index (χ1v) is 11.9. The van der Waals surface area contributed by atoms with Crippen molar-refractivity contribution in [1.82, 2.24) is 5.32 Å². The van der Waals surface area contributed by atoms with E-state index in [0.29, 0.717) is 31.1 Å². The van der Waals surface area contributed by atoms with E-state index in [-0.39, 0.29) is 36.7 Å². The second-order valence-corrected chi connectivity index (χ2v) is 9.20. The van der Waals surface area contributed by atoms with Gasteiger partial charge in [0.2, 0.25) is 11.8 Å². The molecule has 0 saturated carbocycles. The minimum Gasteiger partial charge on any atom is -0.484 e. The Morgan fingerprint density at radius 1 is 1.15 bits per heavy atom. The fourth-order valence-corrected chi connectivity index (χ4v) is 4.55. The van der Waals surface area contributed by atoms with Crippen molar-refractivity contribution in [2.24, 2.45) is 5.92 Å². The molecule has 3 amide bonds. The van der Waals surface area contributed by atoms with Gasteiger partial charge in [-0.3, -0.25) is 14.4 Å². The summed E-state index contributed by atoms with van der Waals surface area (Å²) < 4.78 is 11.5. The largest absolute Gasteiger partial charge is 0.484 e. The number of hydrogen-bond acceptors (Lipinski definition) is 5. The molecular formula is C25H30BrN3O5. The van der Waals surface area contributed by atoms with Gasteiger partial charge in [0.05, 0.1) is 5.92 Å². The van der Waals surface area contributed by atoms with Crippen LogP contribution < -0.4 is 20.3 Å². The predicted molar refractivity (Wildman–Crippen MR) is 134 cm³/mol. The van der Waals surface area contributed by atoms with Gasteiger partial charge < -0.3 is 25.0 Å². The Morgan fingerprint density at radius 3 is 2.47 bits per heavy atom. The van der Waals surface area contributed by atoms with Crippen LogP contribution in [-0.2, 0) is 19.1 Å². The maximum Gasteiger partial charge on any atom is 0.262 e. The average Bonchev–Trinajstić information content (AvgIpc) is 3.19. The minimum absolute atomic E-state index is 0.0923. The van der Waals surface area contributed by atoms with E-state index in [9.17, 15) is 14.4 Å². The van der Waals surface area contributed by atoms with Crippen LogP contribution in [0.2, 0.25) is 0 Å². The molecule has 8 nitrogen and oxygen atoms in total. The van der Waals surface area contributed by atoms with Crippen LogP contribution >= 0.6 is 15.9 Å². The molecule has 2 N–H and O–H groups in total. The summed E-state index contributed by atoms with van der Waals surface area (Å²) in [5, 5.41) is 5.75. The normalized spacial score (nSPS) is 15.4. The van der Waals surface area contributed by atoms with Crippen molar-refractivity contribution in [2.75, 3.05) is 43.6 Å². The number of hydrogen-bond donors (Lipinski definition) is 2. The molecule has 0 radical (unpaired) electrons. The molecule has 0 aromatic heterocycles. The Morgan fingerprint density at radius 2 is 1.82 bits per heavy atom. The highest BCUT2D eigenvalue weighted by atomic mass is 79.9. The molecule has 1 heterocycles. The maximum atomic E-state index is 12.5. The Labute approximate surface area is 208 Å². The highest BCUT2D eigenvalue weighted by molar-refractivity contribution is 9.10. The number of nitrogens with zero attached hydrogens (tertiary/aromatic N) is 1. The van der Waals surface area contributed by atoms with Crippen molar-refractivity contribution in [3.05, 3.63) is 52.0 Å². The fourth-order valence-electron chi connectivity index (χ4n) is 3.86. The smallest absolute Gasteiger partial charge is 0.262 e. The zero-order chi connectivity index (χ0) is 24.7. The predicted octanol–water partition coefficient (Wildman–Crippen LogP) is 3.59. The molecule has 1 fully saturated rings. The van der Waals surface area contributed by atoms with Crippen LogP contribution in [0.25, 0.3) is 0 Å². The Kier molecular flexibility index (Phi) is 9.06. The number of carbonyl (C=O) groups excluding carboxylic acids is 3. The number of carbonyl (C=O) groups is 3. The average molecular weight is 532 g/mol. The maximum absolute atomic E-state index is 12.5.